The SMILES string of the molecule is O=C(CC(=O)c1ccccc1)c1ccccc1.[Dy]. The fraction of sp³-hybridized carbons (Fsp3) is 0.0667. The van der Waals surface area contributed by atoms with Gasteiger partial charge in [0.15, 0.2) is 11.6 Å². The van der Waals surface area contributed by atoms with Gasteiger partial charge >= 0.3 is 0 Å². The molecular formula is C15H12DyO2. The molecule has 0 radical (unpaired) electrons. The Labute approximate surface area is 136 Å². The summed E-state index contributed by atoms with van der Waals surface area (Å²) in [6.07, 6.45) is -0.0754. The molecule has 0 spiro atoms. The zero-order valence-corrected chi connectivity index (χ0v) is 11.6. The Bertz CT molecular complexity index is 471. The van der Waals surface area contributed by atoms with Gasteiger partial charge in [-0.3, -0.25) is 9.59 Å². The molecule has 0 N–H and O–H groups in total. The van der Waals surface area contributed by atoms with E-state index in [-0.39, 0.29) is 56.2 Å². The molecule has 0 aliphatic rings. The van der Waals surface area contributed by atoms with Gasteiger partial charge in [-0.1, -0.05) is 60.7 Å². The van der Waals surface area contributed by atoms with E-state index >= 15 is 0 Å². The van der Waals surface area contributed by atoms with Gasteiger partial charge in [0.2, 0.25) is 0 Å². The minimum absolute atomic E-state index is 0. The maximum absolute atomic E-state index is 11.8. The second-order valence-corrected chi connectivity index (χ2v) is 3.76. The van der Waals surface area contributed by atoms with E-state index in [4.69, 9.17) is 0 Å². The summed E-state index contributed by atoms with van der Waals surface area (Å²) < 4.78 is 0. The molecule has 0 saturated heterocycles. The number of benzene rings is 2. The fourth-order valence-electron chi connectivity index (χ4n) is 1.60. The van der Waals surface area contributed by atoms with Crippen LogP contribution in [-0.4, -0.2) is 11.6 Å². The number of carbonyl (C=O) groups excluding carboxylic acids is 2. The van der Waals surface area contributed by atoms with Crippen LogP contribution in [0.25, 0.3) is 0 Å². The van der Waals surface area contributed by atoms with Crippen molar-refractivity contribution in [3.8, 4) is 0 Å². The molecule has 3 heteroatoms. The quantitative estimate of drug-likeness (QED) is 0.597. The molecule has 0 heterocycles. The van der Waals surface area contributed by atoms with Crippen LogP contribution < -0.4 is 0 Å². The predicted molar refractivity (Wildman–Crippen MR) is 66.2 cm³/mol. The Morgan fingerprint density at radius 2 is 1.00 bits per heavy atom. The zero-order valence-electron chi connectivity index (χ0n) is 9.61. The van der Waals surface area contributed by atoms with Crippen molar-refractivity contribution in [2.75, 3.05) is 0 Å². The molecule has 0 unspecified atom stereocenters. The summed E-state index contributed by atoms with van der Waals surface area (Å²) in [7, 11) is 0. The van der Waals surface area contributed by atoms with Crippen molar-refractivity contribution in [3.05, 3.63) is 71.8 Å². The number of carbonyl (C=O) groups is 2. The molecular weight excluding hydrogens is 375 g/mol. The topological polar surface area (TPSA) is 34.1 Å². The molecule has 2 rings (SSSR count). The number of hydrogen-bond donors (Lipinski definition) is 0. The third kappa shape index (κ3) is 4.06. The van der Waals surface area contributed by atoms with Crippen LogP contribution in [0.4, 0.5) is 0 Å². The largest absolute Gasteiger partial charge is 0.294 e. The van der Waals surface area contributed by atoms with E-state index in [2.05, 4.69) is 0 Å². The van der Waals surface area contributed by atoms with Gasteiger partial charge in [0.1, 0.15) is 0 Å². The molecule has 2 nitrogen and oxygen atoms in total. The van der Waals surface area contributed by atoms with E-state index < -0.39 is 0 Å². The smallest absolute Gasteiger partial charge is 0.170 e. The van der Waals surface area contributed by atoms with Gasteiger partial charge in [0, 0.05) is 49.3 Å². The van der Waals surface area contributed by atoms with Crippen LogP contribution >= 0.6 is 0 Å². The first-order valence-corrected chi connectivity index (χ1v) is 5.44. The van der Waals surface area contributed by atoms with Gasteiger partial charge in [-0.2, -0.15) is 0 Å². The van der Waals surface area contributed by atoms with E-state index in [0.29, 0.717) is 11.1 Å². The van der Waals surface area contributed by atoms with E-state index in [1.165, 1.54) is 0 Å². The van der Waals surface area contributed by atoms with Crippen molar-refractivity contribution in [2.24, 2.45) is 0 Å². The standard InChI is InChI=1S/C15H12O2.Dy/c16-14(12-7-3-1-4-8-12)11-15(17)13-9-5-2-6-10-13;/h1-10H,11H2;. The number of ketones is 2. The van der Waals surface area contributed by atoms with Crippen LogP contribution in [0.5, 0.6) is 0 Å². The molecule has 0 fully saturated rings. The first kappa shape index (κ1) is 15.1. The second kappa shape index (κ2) is 7.48. The molecule has 94 valence electrons. The molecule has 0 aliphatic heterocycles. The first-order valence-electron chi connectivity index (χ1n) is 5.44. The van der Waals surface area contributed by atoms with Gasteiger partial charge in [-0.15, -0.1) is 0 Å². The summed E-state index contributed by atoms with van der Waals surface area (Å²) in [6.45, 7) is 0. The summed E-state index contributed by atoms with van der Waals surface area (Å²) in [4.78, 5) is 23.6. The molecule has 0 amide bonds. The fourth-order valence-corrected chi connectivity index (χ4v) is 1.60. The van der Waals surface area contributed by atoms with Crippen molar-refractivity contribution in [1.29, 1.82) is 0 Å². The van der Waals surface area contributed by atoms with Crippen molar-refractivity contribution in [1.82, 2.24) is 0 Å². The summed E-state index contributed by atoms with van der Waals surface area (Å²) in [5, 5.41) is 0. The molecule has 2 aromatic carbocycles. The number of rotatable bonds is 4. The molecule has 18 heavy (non-hydrogen) atoms. The molecule has 2 aromatic rings. The summed E-state index contributed by atoms with van der Waals surface area (Å²) >= 11 is 0. The van der Waals surface area contributed by atoms with E-state index in [9.17, 15) is 9.59 Å². The van der Waals surface area contributed by atoms with E-state index in [1.54, 1.807) is 48.5 Å². The average molecular weight is 387 g/mol. The molecule has 0 aromatic heterocycles. The Balaban J connectivity index is 0.00000162. The minimum Gasteiger partial charge on any atom is -0.294 e. The third-order valence-corrected chi connectivity index (χ3v) is 2.51. The van der Waals surface area contributed by atoms with Crippen molar-refractivity contribution < 1.29 is 47.8 Å². The zero-order chi connectivity index (χ0) is 12.1. The Morgan fingerprint density at radius 3 is 1.33 bits per heavy atom. The van der Waals surface area contributed by atoms with Crippen LogP contribution in [0.1, 0.15) is 27.1 Å². The van der Waals surface area contributed by atoms with E-state index in [1.807, 2.05) is 12.1 Å². The van der Waals surface area contributed by atoms with Gasteiger partial charge in [-0.25, -0.2) is 0 Å². The normalized spacial score (nSPS) is 9.33. The maximum Gasteiger partial charge on any atom is 0.170 e. The Kier molecular flexibility index (Phi) is 6.28. The van der Waals surface area contributed by atoms with Crippen LogP contribution in [0.2, 0.25) is 0 Å². The second-order valence-electron chi connectivity index (χ2n) is 3.76. The molecule has 0 bridgehead atoms. The Morgan fingerprint density at radius 1 is 0.667 bits per heavy atom. The predicted octanol–water partition coefficient (Wildman–Crippen LogP) is 3.14. The van der Waals surface area contributed by atoms with Crippen LogP contribution in [0, 0.1) is 38.2 Å². The van der Waals surface area contributed by atoms with E-state index in [0.717, 1.165) is 0 Å². The summed E-state index contributed by atoms with van der Waals surface area (Å²) in [6, 6.07) is 17.7. The van der Waals surface area contributed by atoms with Gasteiger partial charge < -0.3 is 0 Å². The monoisotopic (exact) mass is 388 g/mol. The minimum atomic E-state index is -0.139. The third-order valence-electron chi connectivity index (χ3n) is 2.51. The number of hydrogen-bond acceptors (Lipinski definition) is 2. The summed E-state index contributed by atoms with van der Waals surface area (Å²) in [5.74, 6) is -0.279. The number of Topliss-reactive ketones (excluding diaryl/α,β-unsaturated/α-hetero) is 2. The molecule has 0 atom stereocenters. The van der Waals surface area contributed by atoms with Gasteiger partial charge in [-0.05, 0) is 0 Å². The Hall–Kier alpha value is -0.947. The molecule has 0 aliphatic carbocycles. The van der Waals surface area contributed by atoms with Crippen LogP contribution in [0.15, 0.2) is 60.7 Å². The maximum atomic E-state index is 11.8. The van der Waals surface area contributed by atoms with Crippen molar-refractivity contribution in [2.45, 2.75) is 6.42 Å². The van der Waals surface area contributed by atoms with Crippen molar-refractivity contribution >= 4 is 11.6 Å². The first-order chi connectivity index (χ1) is 8.27. The van der Waals surface area contributed by atoms with Crippen molar-refractivity contribution in [3.63, 3.8) is 0 Å². The van der Waals surface area contributed by atoms with Crippen LogP contribution in [0.3, 0.4) is 0 Å². The molecule has 0 saturated carbocycles. The van der Waals surface area contributed by atoms with Gasteiger partial charge in [0.05, 0.1) is 6.42 Å². The van der Waals surface area contributed by atoms with Gasteiger partial charge in [0.25, 0.3) is 0 Å². The average Bonchev–Trinajstić information content (AvgIpc) is 2.40. The van der Waals surface area contributed by atoms with Crippen LogP contribution in [-0.2, 0) is 0 Å². The summed E-state index contributed by atoms with van der Waals surface area (Å²) in [5.41, 5.74) is 1.16.